The fourth-order valence-corrected chi connectivity index (χ4v) is 1.63. The number of rotatable bonds is 4. The second-order valence-corrected chi connectivity index (χ2v) is 4.28. The Kier molecular flexibility index (Phi) is 3.69. The number of benzene rings is 1. The van der Waals surface area contributed by atoms with E-state index in [1.165, 1.54) is 0 Å². The monoisotopic (exact) mass is 251 g/mol. The van der Waals surface area contributed by atoms with Crippen molar-refractivity contribution >= 4 is 17.3 Å². The van der Waals surface area contributed by atoms with Crippen LogP contribution in [-0.4, -0.2) is 36.3 Å². The zero-order chi connectivity index (χ0) is 13.1. The number of nitrogens with two attached hydrogens (primary N) is 1. The molecule has 98 valence electrons. The van der Waals surface area contributed by atoms with Gasteiger partial charge in [-0.2, -0.15) is 0 Å². The molecule has 6 heteroatoms. The lowest BCUT2D eigenvalue weighted by atomic mass is 10.2. The molecule has 0 saturated carbocycles. The summed E-state index contributed by atoms with van der Waals surface area (Å²) in [5.74, 6) is 0.491. The van der Waals surface area contributed by atoms with Crippen LogP contribution in [0.2, 0.25) is 0 Å². The molecule has 1 aliphatic rings. The molecule has 2 rings (SSSR count). The Morgan fingerprint density at radius 2 is 2.39 bits per heavy atom. The summed E-state index contributed by atoms with van der Waals surface area (Å²) in [5, 5.41) is 14.7. The summed E-state index contributed by atoms with van der Waals surface area (Å²) < 4.78 is 5.44. The fourth-order valence-electron chi connectivity index (χ4n) is 1.63. The van der Waals surface area contributed by atoms with Crippen LogP contribution in [0.4, 0.5) is 11.4 Å². The number of aliphatic hydroxyl groups excluding tert-OH is 1. The summed E-state index contributed by atoms with van der Waals surface area (Å²) in [7, 11) is 0. The molecule has 1 amide bonds. The van der Waals surface area contributed by atoms with E-state index in [1.54, 1.807) is 19.1 Å². The van der Waals surface area contributed by atoms with Crippen LogP contribution in [-0.2, 0) is 4.79 Å². The van der Waals surface area contributed by atoms with Crippen molar-refractivity contribution in [2.75, 3.05) is 23.8 Å². The van der Waals surface area contributed by atoms with Crippen molar-refractivity contribution in [1.82, 2.24) is 0 Å². The minimum absolute atomic E-state index is 0.0741. The summed E-state index contributed by atoms with van der Waals surface area (Å²) in [6.45, 7) is 2.08. The van der Waals surface area contributed by atoms with E-state index < -0.39 is 6.10 Å². The zero-order valence-electron chi connectivity index (χ0n) is 10.1. The first-order chi connectivity index (χ1) is 8.60. The molecular formula is C12H17N3O3. The number of nitrogens with one attached hydrogen (secondary N) is 2. The molecule has 5 N–H and O–H groups in total. The second kappa shape index (κ2) is 5.24. The Morgan fingerprint density at radius 1 is 1.61 bits per heavy atom. The molecule has 0 aliphatic carbocycles. The number of anilines is 2. The lowest BCUT2D eigenvalue weighted by Crippen LogP contribution is -2.34. The van der Waals surface area contributed by atoms with Crippen LogP contribution in [0.3, 0.4) is 0 Å². The van der Waals surface area contributed by atoms with Gasteiger partial charge < -0.3 is 26.2 Å². The molecule has 0 fully saturated rings. The highest BCUT2D eigenvalue weighted by atomic mass is 16.5. The van der Waals surface area contributed by atoms with Crippen LogP contribution in [0.25, 0.3) is 0 Å². The van der Waals surface area contributed by atoms with Crippen molar-refractivity contribution in [3.05, 3.63) is 18.2 Å². The van der Waals surface area contributed by atoms with E-state index in [0.29, 0.717) is 18.0 Å². The van der Waals surface area contributed by atoms with Crippen molar-refractivity contribution < 1.29 is 14.6 Å². The van der Waals surface area contributed by atoms with Crippen LogP contribution in [0, 0.1) is 0 Å². The average Bonchev–Trinajstić information content (AvgIpc) is 2.37. The smallest absolute Gasteiger partial charge is 0.265 e. The number of ether oxygens (including phenoxy) is 1. The summed E-state index contributed by atoms with van der Waals surface area (Å²) >= 11 is 0. The highest BCUT2D eigenvalue weighted by molar-refractivity contribution is 5.98. The maximum absolute atomic E-state index is 11.5. The van der Waals surface area contributed by atoms with Gasteiger partial charge in [0.25, 0.3) is 5.91 Å². The van der Waals surface area contributed by atoms with Gasteiger partial charge in [0.1, 0.15) is 5.75 Å². The standard InChI is InChI=1S/C12H17N3O3/c1-7-12(17)15-10-4-9(2-3-11(10)18-7)14-5-8(13)6-16/h2-4,7-8,14,16H,5-6,13H2,1H3,(H,15,17). The van der Waals surface area contributed by atoms with Gasteiger partial charge in [0.05, 0.1) is 12.3 Å². The number of amides is 1. The predicted octanol–water partition coefficient (Wildman–Crippen LogP) is 0.137. The first-order valence-electron chi connectivity index (χ1n) is 5.82. The molecule has 2 unspecified atom stereocenters. The van der Waals surface area contributed by atoms with Gasteiger partial charge in [-0.05, 0) is 25.1 Å². The molecule has 0 aromatic heterocycles. The first-order valence-corrected chi connectivity index (χ1v) is 5.82. The van der Waals surface area contributed by atoms with Gasteiger partial charge in [-0.15, -0.1) is 0 Å². The number of hydrogen-bond donors (Lipinski definition) is 4. The van der Waals surface area contributed by atoms with E-state index in [4.69, 9.17) is 15.6 Å². The highest BCUT2D eigenvalue weighted by Gasteiger charge is 2.23. The van der Waals surface area contributed by atoms with E-state index in [9.17, 15) is 4.79 Å². The fraction of sp³-hybridized carbons (Fsp3) is 0.417. The summed E-state index contributed by atoms with van der Waals surface area (Å²) in [6.07, 6.45) is -0.473. The van der Waals surface area contributed by atoms with Crippen molar-refractivity contribution in [1.29, 1.82) is 0 Å². The van der Waals surface area contributed by atoms with Gasteiger partial charge in [0, 0.05) is 18.3 Å². The number of carbonyl (C=O) groups excluding carboxylic acids is 1. The van der Waals surface area contributed by atoms with E-state index in [-0.39, 0.29) is 18.6 Å². The quantitative estimate of drug-likeness (QED) is 0.610. The van der Waals surface area contributed by atoms with E-state index in [2.05, 4.69) is 10.6 Å². The predicted molar refractivity (Wildman–Crippen MR) is 68.7 cm³/mol. The van der Waals surface area contributed by atoms with Crippen LogP contribution in [0.5, 0.6) is 5.75 Å². The van der Waals surface area contributed by atoms with Gasteiger partial charge in [-0.25, -0.2) is 0 Å². The number of aliphatic hydroxyl groups is 1. The average molecular weight is 251 g/mol. The maximum Gasteiger partial charge on any atom is 0.265 e. The molecular weight excluding hydrogens is 234 g/mol. The molecule has 1 heterocycles. The Balaban J connectivity index is 2.08. The molecule has 6 nitrogen and oxygen atoms in total. The molecule has 0 bridgehead atoms. The van der Waals surface area contributed by atoms with E-state index in [1.807, 2.05) is 6.07 Å². The summed E-state index contributed by atoms with van der Waals surface area (Å²) in [6, 6.07) is 5.10. The topological polar surface area (TPSA) is 96.6 Å². The second-order valence-electron chi connectivity index (χ2n) is 4.28. The number of fused-ring (bicyclic) bond motifs is 1. The number of carbonyl (C=O) groups is 1. The van der Waals surface area contributed by atoms with Crippen LogP contribution >= 0.6 is 0 Å². The Hall–Kier alpha value is -1.79. The third kappa shape index (κ3) is 2.72. The minimum atomic E-state index is -0.473. The molecule has 0 saturated heterocycles. The third-order valence-electron chi connectivity index (χ3n) is 2.71. The zero-order valence-corrected chi connectivity index (χ0v) is 10.1. The Morgan fingerprint density at radius 3 is 3.11 bits per heavy atom. The summed E-state index contributed by atoms with van der Waals surface area (Å²) in [5.41, 5.74) is 7.05. The van der Waals surface area contributed by atoms with Gasteiger partial charge in [0.15, 0.2) is 6.10 Å². The largest absolute Gasteiger partial charge is 0.479 e. The Bertz CT molecular complexity index is 450. The van der Waals surface area contributed by atoms with Crippen LogP contribution in [0.1, 0.15) is 6.92 Å². The van der Waals surface area contributed by atoms with E-state index in [0.717, 1.165) is 5.69 Å². The molecule has 1 aromatic rings. The molecule has 0 spiro atoms. The van der Waals surface area contributed by atoms with Gasteiger partial charge in [-0.3, -0.25) is 4.79 Å². The normalized spacial score (nSPS) is 19.5. The molecule has 2 atom stereocenters. The van der Waals surface area contributed by atoms with Crippen LogP contribution < -0.4 is 21.1 Å². The third-order valence-corrected chi connectivity index (χ3v) is 2.71. The van der Waals surface area contributed by atoms with E-state index >= 15 is 0 Å². The highest BCUT2D eigenvalue weighted by Crippen LogP contribution is 2.31. The van der Waals surface area contributed by atoms with Crippen molar-refractivity contribution in [2.24, 2.45) is 5.73 Å². The Labute approximate surface area is 105 Å². The lowest BCUT2D eigenvalue weighted by Gasteiger charge is -2.24. The maximum atomic E-state index is 11.5. The van der Waals surface area contributed by atoms with Gasteiger partial charge in [-0.1, -0.05) is 0 Å². The van der Waals surface area contributed by atoms with Crippen molar-refractivity contribution in [3.63, 3.8) is 0 Å². The molecule has 18 heavy (non-hydrogen) atoms. The molecule has 1 aliphatic heterocycles. The van der Waals surface area contributed by atoms with Crippen LogP contribution in [0.15, 0.2) is 18.2 Å². The lowest BCUT2D eigenvalue weighted by molar-refractivity contribution is -0.122. The minimum Gasteiger partial charge on any atom is -0.479 e. The van der Waals surface area contributed by atoms with Gasteiger partial charge >= 0.3 is 0 Å². The summed E-state index contributed by atoms with van der Waals surface area (Å²) in [4.78, 5) is 11.5. The van der Waals surface area contributed by atoms with Gasteiger partial charge in [0.2, 0.25) is 0 Å². The first kappa shape index (κ1) is 12.7. The molecule has 1 aromatic carbocycles. The number of hydrogen-bond acceptors (Lipinski definition) is 5. The van der Waals surface area contributed by atoms with Crippen molar-refractivity contribution in [3.8, 4) is 5.75 Å². The molecule has 0 radical (unpaired) electrons. The van der Waals surface area contributed by atoms with Crippen molar-refractivity contribution in [2.45, 2.75) is 19.1 Å². The SMILES string of the molecule is CC1Oc2ccc(NCC(N)CO)cc2NC1=O.